The topological polar surface area (TPSA) is 101 Å². The lowest BCUT2D eigenvalue weighted by Crippen LogP contribution is -2.30. The second-order valence-electron chi connectivity index (χ2n) is 5.53. The number of nitrogens with two attached hydrogens (primary N) is 1. The maximum absolute atomic E-state index is 13.5. The molecule has 0 heterocycles. The van der Waals surface area contributed by atoms with Crippen LogP contribution >= 0.6 is 0 Å². The normalized spacial score (nSPS) is 11.9. The van der Waals surface area contributed by atoms with E-state index in [-0.39, 0.29) is 18.8 Å². The average molecular weight is 423 g/mol. The van der Waals surface area contributed by atoms with Gasteiger partial charge in [0, 0.05) is 18.8 Å². The number of hydrogen-bond donors (Lipinski definition) is 3. The summed E-state index contributed by atoms with van der Waals surface area (Å²) in [5.41, 5.74) is -2.32. The van der Waals surface area contributed by atoms with E-state index in [1.807, 2.05) is 0 Å². The molecule has 4 N–H and O–H groups in total. The fourth-order valence-corrected chi connectivity index (χ4v) is 3.03. The van der Waals surface area contributed by atoms with Crippen molar-refractivity contribution >= 4 is 21.6 Å². The standard InChI is InChI=1S/C16H14F5N3O3S/c17-11-2-1-3-12(18)14(11)15(25)24-7-6-23-9-4-5-13(28(22,26)27)10(8-9)16(19,20)21/h1-5,8,23H,6-7H2,(H,24,25)(H2,22,26,27). The molecule has 0 saturated heterocycles. The van der Waals surface area contributed by atoms with Gasteiger partial charge in [0.15, 0.2) is 0 Å². The van der Waals surface area contributed by atoms with Crippen LogP contribution < -0.4 is 15.8 Å². The average Bonchev–Trinajstić information content (AvgIpc) is 2.57. The maximum atomic E-state index is 13.5. The molecule has 0 fully saturated rings. The zero-order chi connectivity index (χ0) is 21.1. The Morgan fingerprint density at radius 3 is 2.18 bits per heavy atom. The Bertz CT molecular complexity index is 973. The molecule has 2 rings (SSSR count). The highest BCUT2D eigenvalue weighted by atomic mass is 32.2. The van der Waals surface area contributed by atoms with Gasteiger partial charge in [-0.3, -0.25) is 4.79 Å². The summed E-state index contributed by atoms with van der Waals surface area (Å²) in [6, 6.07) is 5.22. The van der Waals surface area contributed by atoms with Crippen molar-refractivity contribution in [2.75, 3.05) is 18.4 Å². The van der Waals surface area contributed by atoms with Gasteiger partial charge in [0.1, 0.15) is 17.2 Å². The van der Waals surface area contributed by atoms with E-state index in [9.17, 15) is 35.2 Å². The molecule has 0 aliphatic rings. The number of rotatable bonds is 6. The molecule has 0 atom stereocenters. The number of hydrogen-bond acceptors (Lipinski definition) is 4. The van der Waals surface area contributed by atoms with Crippen LogP contribution in [0.2, 0.25) is 0 Å². The summed E-state index contributed by atoms with van der Waals surface area (Å²) in [7, 11) is -4.58. The Morgan fingerprint density at radius 2 is 1.64 bits per heavy atom. The molecule has 0 aliphatic carbocycles. The van der Waals surface area contributed by atoms with Gasteiger partial charge in [0.2, 0.25) is 10.0 Å². The molecule has 0 aliphatic heterocycles. The zero-order valence-electron chi connectivity index (χ0n) is 14.0. The van der Waals surface area contributed by atoms with E-state index in [4.69, 9.17) is 5.14 Å². The van der Waals surface area contributed by atoms with E-state index in [0.717, 1.165) is 24.3 Å². The molecule has 0 saturated carbocycles. The minimum atomic E-state index is -4.96. The van der Waals surface area contributed by atoms with Crippen LogP contribution in [0.1, 0.15) is 15.9 Å². The monoisotopic (exact) mass is 423 g/mol. The van der Waals surface area contributed by atoms with Crippen LogP contribution in [0.25, 0.3) is 0 Å². The Kier molecular flexibility index (Phi) is 6.24. The molecule has 6 nitrogen and oxygen atoms in total. The number of primary sulfonamides is 1. The molecule has 2 aromatic rings. The van der Waals surface area contributed by atoms with E-state index in [1.165, 1.54) is 0 Å². The lowest BCUT2D eigenvalue weighted by atomic mass is 10.2. The third kappa shape index (κ3) is 5.16. The first-order valence-corrected chi connectivity index (χ1v) is 9.16. The van der Waals surface area contributed by atoms with Gasteiger partial charge in [-0.25, -0.2) is 22.3 Å². The maximum Gasteiger partial charge on any atom is 0.417 e. The van der Waals surface area contributed by atoms with Gasteiger partial charge >= 0.3 is 6.18 Å². The van der Waals surface area contributed by atoms with E-state index in [0.29, 0.717) is 12.1 Å². The number of sulfonamides is 1. The molecule has 0 unspecified atom stereocenters. The van der Waals surface area contributed by atoms with Crippen molar-refractivity contribution in [2.45, 2.75) is 11.1 Å². The Morgan fingerprint density at radius 1 is 1.04 bits per heavy atom. The van der Waals surface area contributed by atoms with Crippen molar-refractivity contribution in [1.29, 1.82) is 0 Å². The van der Waals surface area contributed by atoms with Gasteiger partial charge in [0.05, 0.1) is 10.5 Å². The van der Waals surface area contributed by atoms with Crippen LogP contribution in [0.4, 0.5) is 27.6 Å². The van der Waals surface area contributed by atoms with E-state index in [1.54, 1.807) is 0 Å². The van der Waals surface area contributed by atoms with Gasteiger partial charge < -0.3 is 10.6 Å². The van der Waals surface area contributed by atoms with E-state index >= 15 is 0 Å². The highest BCUT2D eigenvalue weighted by molar-refractivity contribution is 7.89. The SMILES string of the molecule is NS(=O)(=O)c1ccc(NCCNC(=O)c2c(F)cccc2F)cc1C(F)(F)F. The first kappa shape index (κ1) is 21.6. The third-order valence-corrected chi connectivity index (χ3v) is 4.49. The molecule has 0 bridgehead atoms. The number of halogens is 5. The van der Waals surface area contributed by atoms with Crippen LogP contribution in [0.15, 0.2) is 41.3 Å². The molecular weight excluding hydrogens is 409 g/mol. The van der Waals surface area contributed by atoms with Crippen molar-refractivity contribution in [3.8, 4) is 0 Å². The zero-order valence-corrected chi connectivity index (χ0v) is 14.8. The highest BCUT2D eigenvalue weighted by Crippen LogP contribution is 2.35. The summed E-state index contributed by atoms with van der Waals surface area (Å²) >= 11 is 0. The second-order valence-corrected chi connectivity index (χ2v) is 7.06. The minimum Gasteiger partial charge on any atom is -0.383 e. The Balaban J connectivity index is 2.05. The predicted molar refractivity (Wildman–Crippen MR) is 90.0 cm³/mol. The molecule has 0 spiro atoms. The lowest BCUT2D eigenvalue weighted by molar-refractivity contribution is -0.139. The summed E-state index contributed by atoms with van der Waals surface area (Å²) in [6.07, 6.45) is -4.96. The predicted octanol–water partition coefficient (Wildman–Crippen LogP) is 2.47. The first-order valence-electron chi connectivity index (χ1n) is 7.61. The number of carbonyl (C=O) groups excluding carboxylic acids is 1. The van der Waals surface area contributed by atoms with Gasteiger partial charge in [-0.15, -0.1) is 0 Å². The molecule has 28 heavy (non-hydrogen) atoms. The fraction of sp³-hybridized carbons (Fsp3) is 0.188. The molecule has 1 amide bonds. The van der Waals surface area contributed by atoms with Gasteiger partial charge in [-0.1, -0.05) is 6.07 Å². The third-order valence-electron chi connectivity index (χ3n) is 3.52. The molecule has 2 aromatic carbocycles. The smallest absolute Gasteiger partial charge is 0.383 e. The summed E-state index contributed by atoms with van der Waals surface area (Å²) in [5.74, 6) is -3.14. The minimum absolute atomic E-state index is 0.0916. The Hall–Kier alpha value is -2.73. The summed E-state index contributed by atoms with van der Waals surface area (Å²) in [6.45, 7) is -0.279. The van der Waals surface area contributed by atoms with Gasteiger partial charge in [-0.05, 0) is 30.3 Å². The van der Waals surface area contributed by atoms with E-state index < -0.39 is 49.8 Å². The van der Waals surface area contributed by atoms with Gasteiger partial charge in [-0.2, -0.15) is 13.2 Å². The summed E-state index contributed by atoms with van der Waals surface area (Å²) < 4.78 is 88.7. The van der Waals surface area contributed by atoms with Crippen LogP contribution in [-0.4, -0.2) is 27.4 Å². The molecule has 12 heteroatoms. The van der Waals surface area contributed by atoms with Crippen molar-refractivity contribution in [3.05, 3.63) is 59.2 Å². The highest BCUT2D eigenvalue weighted by Gasteiger charge is 2.36. The van der Waals surface area contributed by atoms with Crippen molar-refractivity contribution in [2.24, 2.45) is 5.14 Å². The number of anilines is 1. The summed E-state index contributed by atoms with van der Waals surface area (Å²) in [4.78, 5) is 10.7. The van der Waals surface area contributed by atoms with Crippen molar-refractivity contribution < 1.29 is 35.2 Å². The second kappa shape index (κ2) is 8.10. The first-order chi connectivity index (χ1) is 12.9. The lowest BCUT2D eigenvalue weighted by Gasteiger charge is -2.14. The van der Waals surface area contributed by atoms with Crippen molar-refractivity contribution in [3.63, 3.8) is 0 Å². The fourth-order valence-electron chi connectivity index (χ4n) is 2.30. The van der Waals surface area contributed by atoms with Crippen LogP contribution in [0.3, 0.4) is 0 Å². The quantitative estimate of drug-likeness (QED) is 0.491. The van der Waals surface area contributed by atoms with Gasteiger partial charge in [0.25, 0.3) is 5.91 Å². The van der Waals surface area contributed by atoms with Crippen LogP contribution in [-0.2, 0) is 16.2 Å². The number of carbonyl (C=O) groups is 1. The van der Waals surface area contributed by atoms with Crippen LogP contribution in [0, 0.1) is 11.6 Å². The molecular formula is C16H14F5N3O3S. The largest absolute Gasteiger partial charge is 0.417 e. The Labute approximate surface area is 156 Å². The summed E-state index contributed by atoms with van der Waals surface area (Å²) in [5, 5.41) is 9.53. The number of benzene rings is 2. The van der Waals surface area contributed by atoms with E-state index in [2.05, 4.69) is 10.6 Å². The molecule has 0 aromatic heterocycles. The molecule has 152 valence electrons. The molecule has 0 radical (unpaired) electrons. The number of alkyl halides is 3. The van der Waals surface area contributed by atoms with Crippen LogP contribution in [0.5, 0.6) is 0 Å². The number of amides is 1. The van der Waals surface area contributed by atoms with Crippen molar-refractivity contribution in [1.82, 2.24) is 5.32 Å². The number of nitrogens with one attached hydrogen (secondary N) is 2.